The Kier molecular flexibility index (Phi) is 6.14. The van der Waals surface area contributed by atoms with Crippen LogP contribution < -0.4 is 0 Å². The smallest absolute Gasteiger partial charge is 0.325 e. The van der Waals surface area contributed by atoms with E-state index >= 15 is 0 Å². The topological polar surface area (TPSA) is 110 Å². The third kappa shape index (κ3) is 4.45. The number of hydrogen-bond donors (Lipinski definition) is 1. The maximum atomic E-state index is 13.2. The SMILES string of the molecule is Cc1ccc(S(=O)(=O)N2CC(O)C[C@H]2C(=O)OCc2ncc(-c3ccccc3)o2)cc1C. The van der Waals surface area contributed by atoms with Crippen molar-refractivity contribution in [2.24, 2.45) is 0 Å². The first-order valence-corrected chi connectivity index (χ1v) is 11.6. The van der Waals surface area contributed by atoms with Crippen LogP contribution in [0.25, 0.3) is 11.3 Å². The van der Waals surface area contributed by atoms with E-state index in [-0.39, 0.29) is 30.4 Å². The van der Waals surface area contributed by atoms with Gasteiger partial charge in [-0.25, -0.2) is 13.4 Å². The standard InChI is InChI=1S/C23H24N2O6S/c1-15-8-9-19(10-16(15)2)32(28,29)25-13-18(26)11-20(25)23(27)30-14-22-24-12-21(31-22)17-6-4-3-5-7-17/h3-10,12,18,20,26H,11,13-14H2,1-2H3/t18?,20-/m0/s1. The minimum absolute atomic E-state index is 0.0379. The van der Waals surface area contributed by atoms with Crippen LogP contribution in [0.4, 0.5) is 0 Å². The molecule has 1 unspecified atom stereocenters. The molecule has 0 bridgehead atoms. The number of carbonyl (C=O) groups is 1. The monoisotopic (exact) mass is 456 g/mol. The molecule has 2 heterocycles. The van der Waals surface area contributed by atoms with Gasteiger partial charge in [0.05, 0.1) is 17.2 Å². The number of sulfonamides is 1. The fourth-order valence-corrected chi connectivity index (χ4v) is 5.33. The van der Waals surface area contributed by atoms with E-state index in [0.29, 0.717) is 5.76 Å². The molecule has 1 saturated heterocycles. The number of β-amino-alcohol motifs (C(OH)–C–C–N with tert-alkyl or cyclic N) is 1. The van der Waals surface area contributed by atoms with Gasteiger partial charge in [0.2, 0.25) is 15.9 Å². The van der Waals surface area contributed by atoms with Crippen LogP contribution >= 0.6 is 0 Å². The van der Waals surface area contributed by atoms with E-state index in [4.69, 9.17) is 9.15 Å². The van der Waals surface area contributed by atoms with E-state index in [0.717, 1.165) is 21.0 Å². The van der Waals surface area contributed by atoms with Gasteiger partial charge >= 0.3 is 5.97 Å². The molecule has 9 heteroatoms. The van der Waals surface area contributed by atoms with E-state index < -0.39 is 28.1 Å². The second-order valence-corrected chi connectivity index (χ2v) is 9.71. The lowest BCUT2D eigenvalue weighted by atomic mass is 10.1. The highest BCUT2D eigenvalue weighted by molar-refractivity contribution is 7.89. The minimum Gasteiger partial charge on any atom is -0.454 e. The maximum absolute atomic E-state index is 13.2. The van der Waals surface area contributed by atoms with Crippen molar-refractivity contribution < 1.29 is 27.5 Å². The van der Waals surface area contributed by atoms with Crippen LogP contribution in [0.1, 0.15) is 23.4 Å². The molecule has 8 nitrogen and oxygen atoms in total. The molecule has 1 aliphatic rings. The van der Waals surface area contributed by atoms with Crippen molar-refractivity contribution in [1.29, 1.82) is 0 Å². The van der Waals surface area contributed by atoms with Gasteiger partial charge in [-0.1, -0.05) is 36.4 Å². The third-order valence-electron chi connectivity index (χ3n) is 5.54. The maximum Gasteiger partial charge on any atom is 0.325 e. The van der Waals surface area contributed by atoms with E-state index in [9.17, 15) is 18.3 Å². The van der Waals surface area contributed by atoms with E-state index in [2.05, 4.69) is 4.98 Å². The number of rotatable bonds is 6. The lowest BCUT2D eigenvalue weighted by molar-refractivity contribution is -0.149. The van der Waals surface area contributed by atoms with E-state index in [1.165, 1.54) is 12.3 Å². The van der Waals surface area contributed by atoms with Crippen molar-refractivity contribution in [1.82, 2.24) is 9.29 Å². The second-order valence-electron chi connectivity index (χ2n) is 7.82. The summed E-state index contributed by atoms with van der Waals surface area (Å²) in [5.41, 5.74) is 2.62. The van der Waals surface area contributed by atoms with Crippen molar-refractivity contribution in [3.63, 3.8) is 0 Å². The molecular weight excluding hydrogens is 432 g/mol. The van der Waals surface area contributed by atoms with Crippen molar-refractivity contribution in [2.45, 2.75) is 43.9 Å². The summed E-state index contributed by atoms with van der Waals surface area (Å²) in [6.07, 6.45) is 0.540. The molecule has 4 rings (SSSR count). The van der Waals surface area contributed by atoms with Gasteiger partial charge in [-0.3, -0.25) is 4.79 Å². The lowest BCUT2D eigenvalue weighted by Crippen LogP contribution is -2.41. The van der Waals surface area contributed by atoms with Crippen molar-refractivity contribution in [2.75, 3.05) is 6.54 Å². The Morgan fingerprint density at radius 1 is 1.19 bits per heavy atom. The fraction of sp³-hybridized carbons (Fsp3) is 0.304. The zero-order chi connectivity index (χ0) is 22.9. The molecule has 1 fully saturated rings. The molecule has 1 aromatic heterocycles. The molecule has 0 spiro atoms. The highest BCUT2D eigenvalue weighted by atomic mass is 32.2. The Bertz CT molecular complexity index is 1220. The molecule has 168 valence electrons. The van der Waals surface area contributed by atoms with Gasteiger partial charge in [0.15, 0.2) is 12.4 Å². The molecule has 3 aromatic rings. The first-order valence-electron chi connectivity index (χ1n) is 10.2. The summed E-state index contributed by atoms with van der Waals surface area (Å²) in [6.45, 7) is 3.29. The highest BCUT2D eigenvalue weighted by Gasteiger charge is 2.44. The van der Waals surface area contributed by atoms with Crippen molar-refractivity contribution >= 4 is 16.0 Å². The van der Waals surface area contributed by atoms with E-state index in [1.54, 1.807) is 12.1 Å². The summed E-state index contributed by atoms with van der Waals surface area (Å²) in [6, 6.07) is 13.0. The Morgan fingerprint density at radius 2 is 1.94 bits per heavy atom. The number of hydrogen-bond acceptors (Lipinski definition) is 7. The van der Waals surface area contributed by atoms with Crippen LogP contribution in [0.15, 0.2) is 64.0 Å². The summed E-state index contributed by atoms with van der Waals surface area (Å²) in [7, 11) is -3.99. The molecular formula is C23H24N2O6S. The van der Waals surface area contributed by atoms with Crippen molar-refractivity contribution in [3.8, 4) is 11.3 Å². The molecule has 0 radical (unpaired) electrons. The van der Waals surface area contributed by atoms with Gasteiger partial charge in [-0.05, 0) is 37.1 Å². The van der Waals surface area contributed by atoms with Gasteiger partial charge in [0.25, 0.3) is 0 Å². The molecule has 2 atom stereocenters. The fourth-order valence-electron chi connectivity index (χ4n) is 3.62. The number of benzene rings is 2. The number of aromatic nitrogens is 1. The zero-order valence-electron chi connectivity index (χ0n) is 17.8. The summed E-state index contributed by atoms with van der Waals surface area (Å²) < 4.78 is 38.3. The van der Waals surface area contributed by atoms with Crippen LogP contribution in [0.5, 0.6) is 0 Å². The zero-order valence-corrected chi connectivity index (χ0v) is 18.6. The Labute approximate surface area is 186 Å². The second kappa shape index (κ2) is 8.85. The largest absolute Gasteiger partial charge is 0.454 e. The Morgan fingerprint density at radius 3 is 2.66 bits per heavy atom. The summed E-state index contributed by atoms with van der Waals surface area (Å²) in [4.78, 5) is 16.9. The quantitative estimate of drug-likeness (QED) is 0.568. The van der Waals surface area contributed by atoms with Crippen LogP contribution in [-0.4, -0.2) is 47.5 Å². The van der Waals surface area contributed by atoms with Crippen LogP contribution in [0.3, 0.4) is 0 Å². The van der Waals surface area contributed by atoms with Crippen LogP contribution in [0, 0.1) is 13.8 Å². The minimum atomic E-state index is -3.99. The first kappa shape index (κ1) is 22.2. The number of nitrogens with zero attached hydrogens (tertiary/aromatic N) is 2. The first-order chi connectivity index (χ1) is 15.3. The molecule has 0 amide bonds. The van der Waals surface area contributed by atoms with Crippen LogP contribution in [-0.2, 0) is 26.2 Å². The summed E-state index contributed by atoms with van der Waals surface area (Å²) in [5, 5.41) is 10.1. The molecule has 1 N–H and O–H groups in total. The number of ether oxygens (including phenoxy) is 1. The number of esters is 1. The van der Waals surface area contributed by atoms with Gasteiger partial charge < -0.3 is 14.3 Å². The van der Waals surface area contributed by atoms with Crippen molar-refractivity contribution in [3.05, 3.63) is 71.7 Å². The predicted molar refractivity (Wildman–Crippen MR) is 116 cm³/mol. The third-order valence-corrected chi connectivity index (χ3v) is 7.41. The Hall–Kier alpha value is -3.01. The number of carbonyl (C=O) groups excluding carboxylic acids is 1. The Balaban J connectivity index is 1.48. The van der Waals surface area contributed by atoms with Crippen LogP contribution in [0.2, 0.25) is 0 Å². The average Bonchev–Trinajstić information content (AvgIpc) is 3.41. The average molecular weight is 457 g/mol. The molecule has 2 aromatic carbocycles. The summed E-state index contributed by atoms with van der Waals surface area (Å²) >= 11 is 0. The number of aliphatic hydroxyl groups is 1. The van der Waals surface area contributed by atoms with Gasteiger partial charge in [0.1, 0.15) is 6.04 Å². The highest BCUT2D eigenvalue weighted by Crippen LogP contribution is 2.28. The normalized spacial score (nSPS) is 19.2. The molecule has 1 aliphatic heterocycles. The van der Waals surface area contributed by atoms with Gasteiger partial charge in [-0.2, -0.15) is 4.31 Å². The summed E-state index contributed by atoms with van der Waals surface area (Å²) in [5.74, 6) is -0.0281. The number of aliphatic hydroxyl groups excluding tert-OH is 1. The molecule has 0 saturated carbocycles. The number of aryl methyl sites for hydroxylation is 2. The van der Waals surface area contributed by atoms with Gasteiger partial charge in [0, 0.05) is 18.5 Å². The molecule has 32 heavy (non-hydrogen) atoms. The van der Waals surface area contributed by atoms with Gasteiger partial charge in [-0.15, -0.1) is 0 Å². The molecule has 0 aliphatic carbocycles. The van der Waals surface area contributed by atoms with E-state index in [1.807, 2.05) is 44.2 Å². The predicted octanol–water partition coefficient (Wildman–Crippen LogP) is 2.83. The number of oxazole rings is 1. The lowest BCUT2D eigenvalue weighted by Gasteiger charge is -2.22.